The largest absolute Gasteiger partial charge is 0.464 e. The molecule has 0 aliphatic carbocycles. The molecule has 0 fully saturated rings. The van der Waals surface area contributed by atoms with Gasteiger partial charge in [-0.3, -0.25) is 0 Å². The van der Waals surface area contributed by atoms with E-state index < -0.39 is 0 Å². The van der Waals surface area contributed by atoms with Gasteiger partial charge in [-0.15, -0.1) is 12.4 Å². The van der Waals surface area contributed by atoms with Gasteiger partial charge in [0, 0.05) is 0 Å². The van der Waals surface area contributed by atoms with Crippen LogP contribution in [-0.2, 0) is 14.4 Å². The van der Waals surface area contributed by atoms with Crippen LogP contribution in [0.15, 0.2) is 0 Å². The summed E-state index contributed by atoms with van der Waals surface area (Å²) < 4.78 is 4.95. The number of esters is 1. The molecule has 0 heterocycles. The lowest BCUT2D eigenvalue weighted by Gasteiger charge is -2.03. The minimum atomic E-state index is -0.319. The maximum absolute atomic E-state index is 10.9. The van der Waals surface area contributed by atoms with Gasteiger partial charge in [0.1, 0.15) is 0 Å². The highest BCUT2D eigenvalue weighted by Crippen LogP contribution is 2.10. The molecule has 0 aliphatic rings. The monoisotopic (exact) mass is 296 g/mol. The number of carbonyl (C=O) groups excluding carboxylic acids is 1. The topological polar surface area (TPSA) is 63.2 Å². The van der Waals surface area contributed by atoms with Crippen LogP contribution >= 0.6 is 12.4 Å². The Morgan fingerprint density at radius 1 is 0.895 bits per heavy atom. The first kappa shape index (κ1) is 21.0. The van der Waals surface area contributed by atoms with Gasteiger partial charge in [-0.25, -0.2) is 10.7 Å². The lowest BCUT2D eigenvalue weighted by atomic mass is 10.1. The van der Waals surface area contributed by atoms with Crippen molar-refractivity contribution < 1.29 is 20.3 Å². The first-order valence-electron chi connectivity index (χ1n) is 7.33. The molecular weight excluding hydrogens is 266 g/mol. The minimum absolute atomic E-state index is 0. The van der Waals surface area contributed by atoms with Crippen LogP contribution in [-0.4, -0.2) is 19.2 Å². The van der Waals surface area contributed by atoms with Gasteiger partial charge >= 0.3 is 5.97 Å². The number of hydrogen-bond donors (Lipinski definition) is 1. The summed E-state index contributed by atoms with van der Waals surface area (Å²) in [4.78, 5) is 15.3. The molecule has 0 rings (SSSR count). The van der Waals surface area contributed by atoms with Gasteiger partial charge in [0.2, 0.25) is 6.61 Å². The summed E-state index contributed by atoms with van der Waals surface area (Å²) in [6.45, 7) is 2.71. The Morgan fingerprint density at radius 2 is 1.37 bits per heavy atom. The molecule has 0 aliphatic heterocycles. The molecule has 3 N–H and O–H groups in total. The van der Waals surface area contributed by atoms with Gasteiger partial charge in [0.05, 0.1) is 6.61 Å². The van der Waals surface area contributed by atoms with E-state index in [1.807, 2.05) is 0 Å². The van der Waals surface area contributed by atoms with Crippen molar-refractivity contribution in [3.05, 3.63) is 0 Å². The predicted octanol–water partition coefficient (Wildman–Crippen LogP) is 3.05. The third kappa shape index (κ3) is 17.7. The van der Waals surface area contributed by atoms with Crippen molar-refractivity contribution in [3.63, 3.8) is 0 Å². The normalized spacial score (nSPS) is 10.0. The lowest BCUT2D eigenvalue weighted by molar-refractivity contribution is -0.685. The van der Waals surface area contributed by atoms with E-state index in [-0.39, 0.29) is 25.0 Å². The zero-order chi connectivity index (χ0) is 13.5. The quantitative estimate of drug-likeness (QED) is 0.323. The summed E-state index contributed by atoms with van der Waals surface area (Å²) in [6, 6.07) is 0. The van der Waals surface area contributed by atoms with Crippen molar-refractivity contribution in [2.24, 2.45) is 0 Å². The summed E-state index contributed by atoms with van der Waals surface area (Å²) in [5.74, 6) is 2.81. The van der Waals surface area contributed by atoms with Crippen LogP contribution in [0.1, 0.15) is 71.1 Å². The highest BCUT2D eigenvalue weighted by Gasteiger charge is 2.01. The van der Waals surface area contributed by atoms with Gasteiger partial charge in [0.25, 0.3) is 0 Å². The first-order chi connectivity index (χ1) is 8.81. The second-order valence-electron chi connectivity index (χ2n) is 4.75. The smallest absolute Gasteiger partial charge is 0.338 e. The van der Waals surface area contributed by atoms with Crippen molar-refractivity contribution in [2.45, 2.75) is 71.1 Å². The van der Waals surface area contributed by atoms with Crippen LogP contribution in [0.4, 0.5) is 0 Å². The summed E-state index contributed by atoms with van der Waals surface area (Å²) >= 11 is 0. The van der Waals surface area contributed by atoms with E-state index >= 15 is 0 Å². The van der Waals surface area contributed by atoms with Crippen molar-refractivity contribution in [2.75, 3.05) is 13.2 Å². The standard InChI is InChI=1S/C14H30NO3.ClH/c1-2-3-4-5-6-7-8-9-10-11-12-17-14(16)13-18-15;/h2-13H2,1,15H3;1H/q+1;. The Hall–Kier alpha value is -0.320. The van der Waals surface area contributed by atoms with Crippen molar-refractivity contribution in [1.82, 2.24) is 0 Å². The van der Waals surface area contributed by atoms with Crippen molar-refractivity contribution >= 4 is 18.4 Å². The fourth-order valence-electron chi connectivity index (χ4n) is 1.90. The van der Waals surface area contributed by atoms with E-state index in [4.69, 9.17) is 4.74 Å². The molecule has 0 spiro atoms. The highest BCUT2D eigenvalue weighted by atomic mass is 35.5. The number of halogens is 1. The van der Waals surface area contributed by atoms with Gasteiger partial charge in [0.15, 0.2) is 0 Å². The number of unbranched alkanes of at least 4 members (excludes halogenated alkanes) is 9. The SMILES string of the molecule is CCCCCCCCCCCCOC(=O)CO[NH3+].Cl. The fourth-order valence-corrected chi connectivity index (χ4v) is 1.90. The third-order valence-corrected chi connectivity index (χ3v) is 2.98. The van der Waals surface area contributed by atoms with E-state index in [9.17, 15) is 4.79 Å². The van der Waals surface area contributed by atoms with Crippen LogP contribution in [0.3, 0.4) is 0 Å². The highest BCUT2D eigenvalue weighted by molar-refractivity contribution is 5.85. The Bertz CT molecular complexity index is 192. The number of carbonyl (C=O) groups is 1. The van der Waals surface area contributed by atoms with Crippen LogP contribution in [0.2, 0.25) is 0 Å². The van der Waals surface area contributed by atoms with Crippen LogP contribution in [0, 0.1) is 0 Å². The fraction of sp³-hybridized carbons (Fsp3) is 0.929. The van der Waals surface area contributed by atoms with Crippen LogP contribution < -0.4 is 5.90 Å². The Balaban J connectivity index is 0. The molecule has 0 saturated carbocycles. The lowest BCUT2D eigenvalue weighted by Crippen LogP contribution is -2.50. The summed E-state index contributed by atoms with van der Waals surface area (Å²) in [5.41, 5.74) is 0. The Labute approximate surface area is 123 Å². The first-order valence-corrected chi connectivity index (χ1v) is 7.33. The molecule has 4 nitrogen and oxygen atoms in total. The van der Waals surface area contributed by atoms with E-state index in [2.05, 4.69) is 17.7 Å². The molecule has 0 aromatic heterocycles. The van der Waals surface area contributed by atoms with Gasteiger partial charge < -0.3 is 4.74 Å². The third-order valence-electron chi connectivity index (χ3n) is 2.98. The average molecular weight is 297 g/mol. The molecule has 19 heavy (non-hydrogen) atoms. The Kier molecular flexibility index (Phi) is 19.5. The van der Waals surface area contributed by atoms with Gasteiger partial charge in [-0.1, -0.05) is 64.7 Å². The van der Waals surface area contributed by atoms with E-state index in [0.29, 0.717) is 6.61 Å². The number of hydrogen-bond acceptors (Lipinski definition) is 3. The van der Waals surface area contributed by atoms with Crippen LogP contribution in [0.25, 0.3) is 0 Å². The van der Waals surface area contributed by atoms with Gasteiger partial charge in [-0.05, 0) is 6.42 Å². The second kappa shape index (κ2) is 17.7. The molecule has 0 amide bonds. The number of rotatable bonds is 13. The zero-order valence-electron chi connectivity index (χ0n) is 12.3. The van der Waals surface area contributed by atoms with Crippen molar-refractivity contribution in [3.8, 4) is 0 Å². The molecule has 0 aromatic rings. The summed E-state index contributed by atoms with van der Waals surface area (Å²) in [7, 11) is 0. The number of quaternary nitrogens is 1. The molecule has 0 unspecified atom stereocenters. The maximum Gasteiger partial charge on any atom is 0.338 e. The van der Waals surface area contributed by atoms with Gasteiger partial charge in [-0.2, -0.15) is 4.84 Å². The zero-order valence-corrected chi connectivity index (χ0v) is 13.1. The molecule has 0 aromatic carbocycles. The average Bonchev–Trinajstić information content (AvgIpc) is 2.36. The van der Waals surface area contributed by atoms with Crippen molar-refractivity contribution in [1.29, 1.82) is 0 Å². The predicted molar refractivity (Wildman–Crippen MR) is 78.9 cm³/mol. The summed E-state index contributed by atoms with van der Waals surface area (Å²) in [5, 5.41) is 0. The molecule has 0 saturated heterocycles. The second-order valence-corrected chi connectivity index (χ2v) is 4.75. The van der Waals surface area contributed by atoms with E-state index in [1.54, 1.807) is 0 Å². The van der Waals surface area contributed by atoms with Crippen LogP contribution in [0.5, 0.6) is 0 Å². The Morgan fingerprint density at radius 3 is 1.84 bits per heavy atom. The molecule has 116 valence electrons. The molecule has 0 atom stereocenters. The molecular formula is C14H31ClNO3+. The minimum Gasteiger partial charge on any atom is -0.464 e. The number of ether oxygens (including phenoxy) is 1. The summed E-state index contributed by atoms with van der Waals surface area (Å²) in [6.07, 6.45) is 12.8. The van der Waals surface area contributed by atoms with E-state index in [0.717, 1.165) is 12.8 Å². The molecule has 0 bridgehead atoms. The van der Waals surface area contributed by atoms with E-state index in [1.165, 1.54) is 51.4 Å². The molecule has 0 radical (unpaired) electrons. The molecule has 5 heteroatoms. The maximum atomic E-state index is 10.9.